The molecule has 2 aromatic carbocycles. The molecule has 0 fully saturated rings. The standard InChI is InChI=1S/C13H10O2S.C3H8/c1-9-5-4-7-11-10-6-2-3-8-12(10)16(14,15)13(9)11;1-3-2/h2-8H,1H3;3H2,1-2H3. The van der Waals surface area contributed by atoms with Gasteiger partial charge >= 0.3 is 0 Å². The minimum Gasteiger partial charge on any atom is -0.218 e. The Morgan fingerprint density at radius 3 is 2.16 bits per heavy atom. The fourth-order valence-electron chi connectivity index (χ4n) is 2.25. The molecule has 19 heavy (non-hydrogen) atoms. The molecule has 1 aliphatic rings. The van der Waals surface area contributed by atoms with E-state index in [0.717, 1.165) is 16.7 Å². The van der Waals surface area contributed by atoms with Gasteiger partial charge in [-0.25, -0.2) is 8.42 Å². The molecule has 0 aromatic heterocycles. The summed E-state index contributed by atoms with van der Waals surface area (Å²) in [7, 11) is -3.30. The van der Waals surface area contributed by atoms with E-state index >= 15 is 0 Å². The molecule has 3 heteroatoms. The normalized spacial score (nSPS) is 14.1. The highest BCUT2D eigenvalue weighted by atomic mass is 32.2. The summed E-state index contributed by atoms with van der Waals surface area (Å²) >= 11 is 0. The van der Waals surface area contributed by atoms with Crippen LogP contribution in [0.3, 0.4) is 0 Å². The molecule has 0 aliphatic carbocycles. The van der Waals surface area contributed by atoms with Gasteiger partial charge in [-0.05, 0) is 18.6 Å². The van der Waals surface area contributed by atoms with Gasteiger partial charge in [0.15, 0.2) is 0 Å². The SMILES string of the molecule is CCC.Cc1cccc2c1S(=O)(=O)c1ccccc1-2. The van der Waals surface area contributed by atoms with Crippen molar-refractivity contribution in [3.05, 3.63) is 48.0 Å². The van der Waals surface area contributed by atoms with Crippen molar-refractivity contribution in [2.45, 2.75) is 37.0 Å². The third-order valence-electron chi connectivity index (χ3n) is 2.95. The number of hydrogen-bond acceptors (Lipinski definition) is 2. The number of sulfone groups is 1. The summed E-state index contributed by atoms with van der Waals surface area (Å²) in [5.74, 6) is 0. The molecule has 0 amide bonds. The van der Waals surface area contributed by atoms with Crippen LogP contribution in [-0.4, -0.2) is 8.42 Å². The highest BCUT2D eigenvalue weighted by molar-refractivity contribution is 7.92. The first-order chi connectivity index (χ1) is 9.04. The lowest BCUT2D eigenvalue weighted by atomic mass is 10.0. The molecule has 100 valence electrons. The van der Waals surface area contributed by atoms with Crippen LogP contribution in [0.2, 0.25) is 0 Å². The van der Waals surface area contributed by atoms with Gasteiger partial charge in [-0.3, -0.25) is 0 Å². The van der Waals surface area contributed by atoms with Crippen molar-refractivity contribution in [2.75, 3.05) is 0 Å². The highest BCUT2D eigenvalue weighted by Gasteiger charge is 2.33. The summed E-state index contributed by atoms with van der Waals surface area (Å²) < 4.78 is 24.6. The molecule has 0 spiro atoms. The van der Waals surface area contributed by atoms with Gasteiger partial charge < -0.3 is 0 Å². The zero-order valence-corrected chi connectivity index (χ0v) is 12.3. The van der Waals surface area contributed by atoms with Crippen LogP contribution in [0.1, 0.15) is 25.8 Å². The third kappa shape index (κ3) is 2.19. The summed E-state index contributed by atoms with van der Waals surface area (Å²) in [5, 5.41) is 0. The topological polar surface area (TPSA) is 34.1 Å². The predicted octanol–water partition coefficient (Wildman–Crippen LogP) is 4.22. The highest BCUT2D eigenvalue weighted by Crippen LogP contribution is 2.44. The molecule has 1 aliphatic heterocycles. The number of fused-ring (bicyclic) bond motifs is 3. The van der Waals surface area contributed by atoms with Crippen molar-refractivity contribution >= 4 is 9.84 Å². The van der Waals surface area contributed by atoms with E-state index in [-0.39, 0.29) is 0 Å². The van der Waals surface area contributed by atoms with Gasteiger partial charge in [0.1, 0.15) is 0 Å². The molecule has 0 bridgehead atoms. The van der Waals surface area contributed by atoms with E-state index in [4.69, 9.17) is 0 Å². The lowest BCUT2D eigenvalue weighted by Gasteiger charge is -2.01. The smallest absolute Gasteiger partial charge is 0.208 e. The van der Waals surface area contributed by atoms with Crippen LogP contribution in [0.5, 0.6) is 0 Å². The minimum absolute atomic E-state index is 0.430. The van der Waals surface area contributed by atoms with Crippen molar-refractivity contribution in [1.29, 1.82) is 0 Å². The lowest BCUT2D eigenvalue weighted by Crippen LogP contribution is -1.98. The second kappa shape index (κ2) is 5.17. The monoisotopic (exact) mass is 274 g/mol. The summed E-state index contributed by atoms with van der Waals surface area (Å²) in [5.41, 5.74) is 2.46. The summed E-state index contributed by atoms with van der Waals surface area (Å²) in [6.07, 6.45) is 1.25. The van der Waals surface area contributed by atoms with Gasteiger partial charge in [-0.2, -0.15) is 0 Å². The fourth-order valence-corrected chi connectivity index (χ4v) is 4.16. The number of aryl methyl sites for hydroxylation is 1. The number of hydrogen-bond donors (Lipinski definition) is 0. The molecule has 2 nitrogen and oxygen atoms in total. The third-order valence-corrected chi connectivity index (χ3v) is 4.96. The van der Waals surface area contributed by atoms with Gasteiger partial charge in [0.05, 0.1) is 9.79 Å². The first-order valence-electron chi connectivity index (χ1n) is 6.48. The van der Waals surface area contributed by atoms with Crippen molar-refractivity contribution in [3.8, 4) is 11.1 Å². The number of benzene rings is 2. The van der Waals surface area contributed by atoms with Gasteiger partial charge in [-0.1, -0.05) is 56.7 Å². The summed E-state index contributed by atoms with van der Waals surface area (Å²) in [6, 6.07) is 12.8. The van der Waals surface area contributed by atoms with Crippen LogP contribution in [-0.2, 0) is 9.84 Å². The molecule has 0 unspecified atom stereocenters. The molecule has 2 aromatic rings. The number of rotatable bonds is 0. The Hall–Kier alpha value is -1.61. The van der Waals surface area contributed by atoms with Gasteiger partial charge in [0.2, 0.25) is 9.84 Å². The van der Waals surface area contributed by atoms with E-state index in [1.807, 2.05) is 37.3 Å². The predicted molar refractivity (Wildman–Crippen MR) is 78.0 cm³/mol. The molecule has 0 saturated heterocycles. The van der Waals surface area contributed by atoms with Crippen LogP contribution in [0, 0.1) is 6.92 Å². The Morgan fingerprint density at radius 2 is 1.47 bits per heavy atom. The average Bonchev–Trinajstić information content (AvgIpc) is 2.61. The van der Waals surface area contributed by atoms with E-state index in [1.54, 1.807) is 12.1 Å². The zero-order valence-electron chi connectivity index (χ0n) is 11.5. The lowest BCUT2D eigenvalue weighted by molar-refractivity contribution is 0.598. The van der Waals surface area contributed by atoms with Crippen LogP contribution >= 0.6 is 0 Å². The van der Waals surface area contributed by atoms with Crippen LogP contribution in [0.25, 0.3) is 11.1 Å². The molecule has 0 atom stereocenters. The Labute approximate surface area is 115 Å². The molecule has 3 rings (SSSR count). The second-order valence-corrected chi connectivity index (χ2v) is 6.51. The maximum absolute atomic E-state index is 12.3. The maximum atomic E-state index is 12.3. The van der Waals surface area contributed by atoms with E-state index in [2.05, 4.69) is 13.8 Å². The first kappa shape index (κ1) is 13.8. The molecular formula is C16H18O2S. The molecule has 1 heterocycles. The Balaban J connectivity index is 0.000000408. The van der Waals surface area contributed by atoms with Crippen molar-refractivity contribution in [2.24, 2.45) is 0 Å². The first-order valence-corrected chi connectivity index (χ1v) is 7.96. The Morgan fingerprint density at radius 1 is 0.895 bits per heavy atom. The van der Waals surface area contributed by atoms with Gasteiger partial charge in [-0.15, -0.1) is 0 Å². The van der Waals surface area contributed by atoms with E-state index in [9.17, 15) is 8.42 Å². The molecule has 0 radical (unpaired) electrons. The zero-order chi connectivity index (χ0) is 14.0. The molecule has 0 saturated carbocycles. The minimum atomic E-state index is -3.30. The van der Waals surface area contributed by atoms with E-state index < -0.39 is 9.84 Å². The van der Waals surface area contributed by atoms with Gasteiger partial charge in [0, 0.05) is 11.1 Å². The van der Waals surface area contributed by atoms with E-state index in [1.165, 1.54) is 6.42 Å². The second-order valence-electron chi connectivity index (χ2n) is 4.66. The van der Waals surface area contributed by atoms with E-state index in [0.29, 0.717) is 9.79 Å². The quantitative estimate of drug-likeness (QED) is 0.615. The fraction of sp³-hybridized carbons (Fsp3) is 0.250. The van der Waals surface area contributed by atoms with Crippen molar-refractivity contribution in [1.82, 2.24) is 0 Å². The Bertz CT molecular complexity index is 700. The van der Waals surface area contributed by atoms with Gasteiger partial charge in [0.25, 0.3) is 0 Å². The van der Waals surface area contributed by atoms with Crippen molar-refractivity contribution < 1.29 is 8.42 Å². The van der Waals surface area contributed by atoms with Crippen LogP contribution < -0.4 is 0 Å². The largest absolute Gasteiger partial charge is 0.218 e. The molecule has 0 N–H and O–H groups in total. The van der Waals surface area contributed by atoms with Crippen molar-refractivity contribution in [3.63, 3.8) is 0 Å². The van der Waals surface area contributed by atoms with Crippen LogP contribution in [0.15, 0.2) is 52.3 Å². The Kier molecular flexibility index (Phi) is 3.76. The maximum Gasteiger partial charge on any atom is 0.208 e. The average molecular weight is 274 g/mol. The summed E-state index contributed by atoms with van der Waals surface area (Å²) in [6.45, 7) is 6.09. The van der Waals surface area contributed by atoms with Crippen LogP contribution in [0.4, 0.5) is 0 Å². The summed E-state index contributed by atoms with van der Waals surface area (Å²) in [4.78, 5) is 0.899. The molecular weight excluding hydrogens is 256 g/mol.